The van der Waals surface area contributed by atoms with Crippen molar-refractivity contribution in [2.24, 2.45) is 0 Å². The van der Waals surface area contributed by atoms with Gasteiger partial charge in [-0.3, -0.25) is 9.80 Å². The highest BCUT2D eigenvalue weighted by atomic mass is 35.5. The molecule has 26 heavy (non-hydrogen) atoms. The Hall–Kier alpha value is -1.24. The van der Waals surface area contributed by atoms with Gasteiger partial charge < -0.3 is 10.0 Å². The summed E-state index contributed by atoms with van der Waals surface area (Å²) in [4.78, 5) is 9.82. The summed E-state index contributed by atoms with van der Waals surface area (Å²) in [5.41, 5.74) is 2.48. The summed E-state index contributed by atoms with van der Waals surface area (Å²) in [6, 6.07) is 14.8. The van der Waals surface area contributed by atoms with Crippen molar-refractivity contribution in [2.45, 2.75) is 9.79 Å². The van der Waals surface area contributed by atoms with Crippen LogP contribution in [-0.2, 0) is 0 Å². The molecule has 2 aromatic carbocycles. The summed E-state index contributed by atoms with van der Waals surface area (Å²) in [7, 11) is 0. The number of hydrogen-bond donors (Lipinski definition) is 1. The minimum absolute atomic E-state index is 0.250. The van der Waals surface area contributed by atoms with Crippen LogP contribution < -0.4 is 4.90 Å². The molecule has 1 N–H and O–H groups in total. The van der Waals surface area contributed by atoms with Crippen molar-refractivity contribution >= 4 is 34.7 Å². The third-order valence-corrected chi connectivity index (χ3v) is 6.47. The molecule has 0 aromatic heterocycles. The normalized spacial score (nSPS) is 17.8. The van der Waals surface area contributed by atoms with E-state index in [1.165, 1.54) is 21.2 Å². The highest BCUT2D eigenvalue weighted by Crippen LogP contribution is 2.48. The second-order valence-electron chi connectivity index (χ2n) is 6.74. The van der Waals surface area contributed by atoms with E-state index in [2.05, 4.69) is 51.1 Å². The molecule has 1 saturated heterocycles. The first-order valence-electron chi connectivity index (χ1n) is 9.14. The molecule has 6 heteroatoms. The molecule has 0 atom stereocenters. The van der Waals surface area contributed by atoms with Crippen molar-refractivity contribution in [3.63, 3.8) is 0 Å². The zero-order valence-corrected chi connectivity index (χ0v) is 16.3. The van der Waals surface area contributed by atoms with Crippen LogP contribution in [-0.4, -0.2) is 67.3 Å². The fourth-order valence-electron chi connectivity index (χ4n) is 3.66. The number of para-hydroxylation sites is 1. The molecular formula is C20H24ClN3OS. The lowest BCUT2D eigenvalue weighted by molar-refractivity contribution is 0.114. The quantitative estimate of drug-likeness (QED) is 0.844. The predicted molar refractivity (Wildman–Crippen MR) is 109 cm³/mol. The Bertz CT molecular complexity index is 764. The van der Waals surface area contributed by atoms with Gasteiger partial charge in [-0.05, 0) is 30.3 Å². The van der Waals surface area contributed by atoms with Crippen molar-refractivity contribution in [1.82, 2.24) is 9.80 Å². The second kappa shape index (κ2) is 8.19. The Morgan fingerprint density at radius 1 is 0.846 bits per heavy atom. The molecule has 0 aliphatic carbocycles. The van der Waals surface area contributed by atoms with Crippen LogP contribution in [0, 0.1) is 0 Å². The van der Waals surface area contributed by atoms with Gasteiger partial charge in [0.25, 0.3) is 0 Å². The van der Waals surface area contributed by atoms with Crippen LogP contribution in [0.5, 0.6) is 0 Å². The van der Waals surface area contributed by atoms with Gasteiger partial charge in [0.15, 0.2) is 0 Å². The number of piperazine rings is 1. The largest absolute Gasteiger partial charge is 0.395 e. The molecule has 0 amide bonds. The average molecular weight is 390 g/mol. The van der Waals surface area contributed by atoms with Crippen LogP contribution in [0.2, 0.25) is 5.02 Å². The topological polar surface area (TPSA) is 30.0 Å². The first kappa shape index (κ1) is 18.1. The van der Waals surface area contributed by atoms with Crippen molar-refractivity contribution in [2.75, 3.05) is 57.3 Å². The zero-order valence-electron chi connectivity index (χ0n) is 14.8. The Balaban J connectivity index is 1.49. The predicted octanol–water partition coefficient (Wildman–Crippen LogP) is 3.55. The minimum Gasteiger partial charge on any atom is -0.395 e. The summed E-state index contributed by atoms with van der Waals surface area (Å²) in [6.07, 6.45) is 0. The Labute approximate surface area is 164 Å². The molecule has 1 fully saturated rings. The number of hydrogen-bond acceptors (Lipinski definition) is 5. The van der Waals surface area contributed by atoms with E-state index < -0.39 is 0 Å². The molecule has 0 spiro atoms. The van der Waals surface area contributed by atoms with Crippen molar-refractivity contribution in [3.8, 4) is 0 Å². The first-order chi connectivity index (χ1) is 12.7. The summed E-state index contributed by atoms with van der Waals surface area (Å²) in [5, 5.41) is 9.88. The summed E-state index contributed by atoms with van der Waals surface area (Å²) in [6.45, 7) is 7.21. The fourth-order valence-corrected chi connectivity index (χ4v) is 4.91. The lowest BCUT2D eigenvalue weighted by Gasteiger charge is -2.37. The monoisotopic (exact) mass is 389 g/mol. The lowest BCUT2D eigenvalue weighted by Crippen LogP contribution is -2.48. The maximum atomic E-state index is 9.09. The smallest absolute Gasteiger partial charge is 0.0568 e. The van der Waals surface area contributed by atoms with E-state index in [1.54, 1.807) is 0 Å². The Morgan fingerprint density at radius 3 is 2.31 bits per heavy atom. The standard InChI is InChI=1S/C20H24ClN3OS/c21-16-5-6-20-18(15-16)24(17-3-1-2-4-19(17)26-20)12-11-22-7-9-23(10-8-22)13-14-25/h1-6,15,25H,7-14H2. The number of fused-ring (bicyclic) bond motifs is 2. The fraction of sp³-hybridized carbons (Fsp3) is 0.400. The van der Waals surface area contributed by atoms with Gasteiger partial charge >= 0.3 is 0 Å². The van der Waals surface area contributed by atoms with Crippen LogP contribution in [0.4, 0.5) is 11.4 Å². The van der Waals surface area contributed by atoms with Crippen LogP contribution in [0.25, 0.3) is 0 Å². The SMILES string of the molecule is OCCN1CCN(CCN2c3ccccc3Sc3ccc(Cl)cc32)CC1. The molecule has 2 aliphatic heterocycles. The van der Waals surface area contributed by atoms with E-state index in [1.807, 2.05) is 17.8 Å². The van der Waals surface area contributed by atoms with Gasteiger partial charge in [0.2, 0.25) is 0 Å². The summed E-state index contributed by atoms with van der Waals surface area (Å²) < 4.78 is 0. The third-order valence-electron chi connectivity index (χ3n) is 5.11. The van der Waals surface area contributed by atoms with Gasteiger partial charge in [-0.25, -0.2) is 0 Å². The molecule has 0 saturated carbocycles. The minimum atomic E-state index is 0.250. The number of aliphatic hydroxyl groups excluding tert-OH is 1. The van der Waals surface area contributed by atoms with Gasteiger partial charge in [-0.15, -0.1) is 0 Å². The zero-order chi connectivity index (χ0) is 17.9. The van der Waals surface area contributed by atoms with E-state index in [4.69, 9.17) is 16.7 Å². The second-order valence-corrected chi connectivity index (χ2v) is 8.26. The van der Waals surface area contributed by atoms with Crippen LogP contribution in [0.1, 0.15) is 0 Å². The molecular weight excluding hydrogens is 366 g/mol. The molecule has 2 heterocycles. The lowest BCUT2D eigenvalue weighted by atomic mass is 10.2. The van der Waals surface area contributed by atoms with E-state index in [0.717, 1.165) is 50.8 Å². The number of nitrogens with zero attached hydrogens (tertiary/aromatic N) is 3. The van der Waals surface area contributed by atoms with Crippen molar-refractivity contribution in [1.29, 1.82) is 0 Å². The van der Waals surface area contributed by atoms with E-state index in [0.29, 0.717) is 0 Å². The number of halogens is 1. The van der Waals surface area contributed by atoms with Gasteiger partial charge in [0.1, 0.15) is 0 Å². The van der Waals surface area contributed by atoms with E-state index in [9.17, 15) is 0 Å². The molecule has 0 radical (unpaired) electrons. The first-order valence-corrected chi connectivity index (χ1v) is 10.3. The number of benzene rings is 2. The highest BCUT2D eigenvalue weighted by Gasteiger charge is 2.24. The maximum Gasteiger partial charge on any atom is 0.0568 e. The van der Waals surface area contributed by atoms with Gasteiger partial charge in [-0.1, -0.05) is 35.5 Å². The third kappa shape index (κ3) is 3.87. The Morgan fingerprint density at radius 2 is 1.54 bits per heavy atom. The maximum absolute atomic E-state index is 9.09. The number of β-amino-alcohol motifs (C(OH)–C–C–N with tert-alkyl or cyclic N) is 1. The summed E-state index contributed by atoms with van der Waals surface area (Å²) >= 11 is 8.11. The van der Waals surface area contributed by atoms with E-state index >= 15 is 0 Å². The molecule has 138 valence electrons. The summed E-state index contributed by atoms with van der Waals surface area (Å²) in [5.74, 6) is 0. The van der Waals surface area contributed by atoms with Crippen LogP contribution in [0.3, 0.4) is 0 Å². The molecule has 0 unspecified atom stereocenters. The van der Waals surface area contributed by atoms with Gasteiger partial charge in [0, 0.05) is 60.6 Å². The van der Waals surface area contributed by atoms with Crippen molar-refractivity contribution in [3.05, 3.63) is 47.5 Å². The van der Waals surface area contributed by atoms with Crippen LogP contribution >= 0.6 is 23.4 Å². The molecule has 2 aromatic rings. The molecule has 4 rings (SSSR count). The molecule has 0 bridgehead atoms. The number of aliphatic hydroxyl groups is 1. The average Bonchev–Trinajstić information content (AvgIpc) is 2.67. The van der Waals surface area contributed by atoms with Gasteiger partial charge in [0.05, 0.1) is 18.0 Å². The van der Waals surface area contributed by atoms with Crippen molar-refractivity contribution < 1.29 is 5.11 Å². The van der Waals surface area contributed by atoms with Crippen LogP contribution in [0.15, 0.2) is 52.3 Å². The number of anilines is 2. The molecule has 2 aliphatic rings. The molecule has 4 nitrogen and oxygen atoms in total. The van der Waals surface area contributed by atoms with Gasteiger partial charge in [-0.2, -0.15) is 0 Å². The number of rotatable bonds is 5. The Kier molecular flexibility index (Phi) is 5.72. The van der Waals surface area contributed by atoms with E-state index in [-0.39, 0.29) is 6.61 Å². The highest BCUT2D eigenvalue weighted by molar-refractivity contribution is 7.99.